The smallest absolute Gasteiger partial charge is 0.243 e. The zero-order valence-corrected chi connectivity index (χ0v) is 14.0. The van der Waals surface area contributed by atoms with Gasteiger partial charge in [0.1, 0.15) is 5.75 Å². The lowest BCUT2D eigenvalue weighted by atomic mass is 10.1. The Balaban J connectivity index is 2.34. The summed E-state index contributed by atoms with van der Waals surface area (Å²) in [7, 11) is -0.176. The number of aryl methyl sites for hydroxylation is 2. The van der Waals surface area contributed by atoms with Crippen molar-refractivity contribution in [3.8, 4) is 5.75 Å². The number of hydrogen-bond donors (Lipinski definition) is 1. The van der Waals surface area contributed by atoms with Crippen LogP contribution in [0.3, 0.4) is 0 Å². The van der Waals surface area contributed by atoms with E-state index in [9.17, 15) is 8.42 Å². The Morgan fingerprint density at radius 2 is 1.71 bits per heavy atom. The molecule has 0 aliphatic carbocycles. The Labute approximate surface area is 127 Å². The van der Waals surface area contributed by atoms with Crippen LogP contribution in [0.15, 0.2) is 17.0 Å². The van der Waals surface area contributed by atoms with Crippen molar-refractivity contribution in [2.24, 2.45) is 0 Å². The Kier molecular flexibility index (Phi) is 4.91. The molecule has 0 radical (unpaired) electrons. The highest BCUT2D eigenvalue weighted by Gasteiger charge is 2.29. The lowest BCUT2D eigenvalue weighted by Gasteiger charge is -2.31. The van der Waals surface area contributed by atoms with E-state index in [0.29, 0.717) is 4.90 Å². The van der Waals surface area contributed by atoms with Crippen molar-refractivity contribution in [1.29, 1.82) is 0 Å². The van der Waals surface area contributed by atoms with Crippen molar-refractivity contribution >= 4 is 10.0 Å². The molecule has 0 saturated carbocycles. The van der Waals surface area contributed by atoms with E-state index in [0.717, 1.165) is 42.8 Å². The Morgan fingerprint density at radius 1 is 1.19 bits per heavy atom. The van der Waals surface area contributed by atoms with Crippen molar-refractivity contribution < 1.29 is 13.2 Å². The summed E-state index contributed by atoms with van der Waals surface area (Å²) in [6.45, 7) is 5.47. The van der Waals surface area contributed by atoms with Crippen LogP contribution >= 0.6 is 0 Å². The molecule has 0 unspecified atom stereocenters. The molecule has 1 aliphatic rings. The number of nitrogens with zero attached hydrogens (tertiary/aromatic N) is 1. The van der Waals surface area contributed by atoms with Crippen LogP contribution < -0.4 is 10.1 Å². The van der Waals surface area contributed by atoms with Crippen LogP contribution in [0, 0.1) is 13.8 Å². The molecular formula is C15H24N2O3S. The molecule has 0 aromatic heterocycles. The van der Waals surface area contributed by atoms with Gasteiger partial charge in [0.15, 0.2) is 0 Å². The van der Waals surface area contributed by atoms with Crippen LogP contribution in [-0.2, 0) is 10.0 Å². The van der Waals surface area contributed by atoms with E-state index in [1.54, 1.807) is 26.3 Å². The molecule has 118 valence electrons. The molecule has 1 aromatic rings. The third kappa shape index (κ3) is 3.22. The van der Waals surface area contributed by atoms with Crippen molar-refractivity contribution in [3.05, 3.63) is 23.3 Å². The first-order valence-corrected chi connectivity index (χ1v) is 8.66. The number of nitrogens with one attached hydrogen (secondary N) is 1. The van der Waals surface area contributed by atoms with Gasteiger partial charge in [-0.25, -0.2) is 8.42 Å². The Hall–Kier alpha value is -1.11. The number of methoxy groups -OCH3 is 1. The normalized spacial score (nSPS) is 17.2. The van der Waals surface area contributed by atoms with E-state index in [4.69, 9.17) is 4.74 Å². The fourth-order valence-electron chi connectivity index (χ4n) is 2.91. The molecule has 21 heavy (non-hydrogen) atoms. The van der Waals surface area contributed by atoms with Gasteiger partial charge >= 0.3 is 0 Å². The molecular weight excluding hydrogens is 288 g/mol. The molecule has 2 rings (SSSR count). The average molecular weight is 312 g/mol. The first kappa shape index (κ1) is 16.3. The fourth-order valence-corrected chi connectivity index (χ4v) is 4.50. The minimum atomic E-state index is -3.46. The van der Waals surface area contributed by atoms with E-state index in [-0.39, 0.29) is 6.04 Å². The van der Waals surface area contributed by atoms with Gasteiger partial charge in [0, 0.05) is 13.1 Å². The first-order chi connectivity index (χ1) is 9.87. The summed E-state index contributed by atoms with van der Waals surface area (Å²) in [5, 5.41) is 3.26. The zero-order valence-electron chi connectivity index (χ0n) is 13.1. The lowest BCUT2D eigenvalue weighted by Crippen LogP contribution is -2.43. The van der Waals surface area contributed by atoms with Gasteiger partial charge in [-0.15, -0.1) is 0 Å². The molecule has 1 fully saturated rings. The van der Waals surface area contributed by atoms with Gasteiger partial charge in [0.25, 0.3) is 0 Å². The molecule has 1 saturated heterocycles. The predicted octanol–water partition coefficient (Wildman–Crippen LogP) is 1.68. The number of benzene rings is 1. The van der Waals surface area contributed by atoms with E-state index >= 15 is 0 Å². The van der Waals surface area contributed by atoms with Crippen LogP contribution in [0.25, 0.3) is 0 Å². The third-order valence-corrected chi connectivity index (χ3v) is 6.03. The van der Waals surface area contributed by atoms with E-state index in [1.165, 1.54) is 4.31 Å². The largest absolute Gasteiger partial charge is 0.496 e. The summed E-state index contributed by atoms with van der Waals surface area (Å²) >= 11 is 0. The Bertz CT molecular complexity index is 584. The maximum atomic E-state index is 12.8. The average Bonchev–Trinajstić information content (AvgIpc) is 2.47. The predicted molar refractivity (Wildman–Crippen MR) is 83.3 cm³/mol. The molecule has 0 bridgehead atoms. The fraction of sp³-hybridized carbons (Fsp3) is 0.600. The van der Waals surface area contributed by atoms with Gasteiger partial charge < -0.3 is 10.1 Å². The quantitative estimate of drug-likeness (QED) is 0.919. The highest BCUT2D eigenvalue weighted by molar-refractivity contribution is 7.89. The number of rotatable bonds is 4. The van der Waals surface area contributed by atoms with Crippen LogP contribution in [0.1, 0.15) is 24.0 Å². The molecule has 0 spiro atoms. The molecule has 0 amide bonds. The molecule has 0 atom stereocenters. The number of hydrogen-bond acceptors (Lipinski definition) is 4. The van der Waals surface area contributed by atoms with Gasteiger partial charge in [-0.05, 0) is 63.0 Å². The van der Waals surface area contributed by atoms with Crippen LogP contribution in [0.4, 0.5) is 0 Å². The van der Waals surface area contributed by atoms with Crippen molar-refractivity contribution in [1.82, 2.24) is 9.62 Å². The second-order valence-corrected chi connectivity index (χ2v) is 7.59. The second-order valence-electron chi connectivity index (χ2n) is 5.59. The SMILES string of the molecule is COc1c(C)cc(S(=O)(=O)N(C)C2CCNCC2)cc1C. The second kappa shape index (κ2) is 6.34. The monoisotopic (exact) mass is 312 g/mol. The van der Waals surface area contributed by atoms with Crippen LogP contribution in [-0.4, -0.2) is 46.0 Å². The molecule has 6 heteroatoms. The lowest BCUT2D eigenvalue weighted by molar-refractivity contribution is 0.296. The third-order valence-electron chi connectivity index (χ3n) is 4.14. The van der Waals surface area contributed by atoms with Crippen molar-refractivity contribution in [3.63, 3.8) is 0 Å². The minimum absolute atomic E-state index is 0.0685. The molecule has 1 N–H and O–H groups in total. The summed E-state index contributed by atoms with van der Waals surface area (Å²) in [6.07, 6.45) is 1.70. The maximum absolute atomic E-state index is 12.8. The number of ether oxygens (including phenoxy) is 1. The van der Waals surface area contributed by atoms with Crippen LogP contribution in [0.2, 0.25) is 0 Å². The maximum Gasteiger partial charge on any atom is 0.243 e. The van der Waals surface area contributed by atoms with E-state index in [1.807, 2.05) is 13.8 Å². The molecule has 1 heterocycles. The highest BCUT2D eigenvalue weighted by atomic mass is 32.2. The minimum Gasteiger partial charge on any atom is -0.496 e. The zero-order chi connectivity index (χ0) is 15.6. The first-order valence-electron chi connectivity index (χ1n) is 7.22. The van der Waals surface area contributed by atoms with Gasteiger partial charge in [-0.1, -0.05) is 0 Å². The summed E-state index contributed by atoms with van der Waals surface area (Å²) in [5.74, 6) is 0.749. The number of piperidine rings is 1. The summed E-state index contributed by atoms with van der Waals surface area (Å²) in [6, 6.07) is 3.45. The standard InChI is InChI=1S/C15H24N2O3S/c1-11-9-14(10-12(2)15(11)20-4)21(18,19)17(3)13-5-7-16-8-6-13/h9-10,13,16H,5-8H2,1-4H3. The Morgan fingerprint density at radius 3 is 2.19 bits per heavy atom. The van der Waals surface area contributed by atoms with Crippen molar-refractivity contribution in [2.45, 2.75) is 37.6 Å². The molecule has 5 nitrogen and oxygen atoms in total. The van der Waals surface area contributed by atoms with E-state index < -0.39 is 10.0 Å². The van der Waals surface area contributed by atoms with Gasteiger partial charge in [0.2, 0.25) is 10.0 Å². The van der Waals surface area contributed by atoms with Crippen molar-refractivity contribution in [2.75, 3.05) is 27.2 Å². The number of sulfonamides is 1. The summed E-state index contributed by atoms with van der Waals surface area (Å²) < 4.78 is 32.4. The van der Waals surface area contributed by atoms with Gasteiger partial charge in [-0.2, -0.15) is 4.31 Å². The van der Waals surface area contributed by atoms with E-state index in [2.05, 4.69) is 5.32 Å². The van der Waals surface area contributed by atoms with Gasteiger partial charge in [0.05, 0.1) is 12.0 Å². The van der Waals surface area contributed by atoms with Gasteiger partial charge in [-0.3, -0.25) is 0 Å². The highest BCUT2D eigenvalue weighted by Crippen LogP contribution is 2.29. The molecule has 1 aliphatic heterocycles. The molecule has 1 aromatic carbocycles. The topological polar surface area (TPSA) is 58.6 Å². The van der Waals surface area contributed by atoms with Crippen LogP contribution in [0.5, 0.6) is 5.75 Å². The summed E-state index contributed by atoms with van der Waals surface area (Å²) in [5.41, 5.74) is 1.68. The summed E-state index contributed by atoms with van der Waals surface area (Å²) in [4.78, 5) is 0.347.